The molecule has 0 unspecified atom stereocenters. The van der Waals surface area contributed by atoms with Crippen LogP contribution >= 0.6 is 0 Å². The molecule has 0 fully saturated rings. The molecule has 0 saturated heterocycles. The number of rotatable bonds is 2. The second-order valence-corrected chi connectivity index (χ2v) is 4.86. The van der Waals surface area contributed by atoms with E-state index >= 15 is 0 Å². The molecule has 0 saturated carbocycles. The van der Waals surface area contributed by atoms with Gasteiger partial charge in [0.1, 0.15) is 11.3 Å². The van der Waals surface area contributed by atoms with E-state index in [-0.39, 0.29) is 5.69 Å². The van der Waals surface area contributed by atoms with Crippen LogP contribution in [0, 0.1) is 10.1 Å². The van der Waals surface area contributed by atoms with Gasteiger partial charge in [0.25, 0.3) is 5.69 Å². The fourth-order valence-corrected chi connectivity index (χ4v) is 2.42. The minimum absolute atomic E-state index is 0.0442. The van der Waals surface area contributed by atoms with Crippen LogP contribution in [0.2, 0.25) is 0 Å². The van der Waals surface area contributed by atoms with Crippen molar-refractivity contribution in [3.63, 3.8) is 0 Å². The maximum Gasteiger partial charge on any atom is 0.269 e. The number of benzene rings is 2. The number of para-hydroxylation sites is 1. The first-order chi connectivity index (χ1) is 10.7. The molecular formula is C16H9N3O3. The van der Waals surface area contributed by atoms with Crippen LogP contribution in [-0.4, -0.2) is 15.1 Å². The molecule has 4 rings (SSSR count). The summed E-state index contributed by atoms with van der Waals surface area (Å²) in [6, 6.07) is 15.8. The summed E-state index contributed by atoms with van der Waals surface area (Å²) in [7, 11) is 0. The maximum atomic E-state index is 10.7. The van der Waals surface area contributed by atoms with E-state index < -0.39 is 4.92 Å². The molecule has 106 valence electrons. The first-order valence-corrected chi connectivity index (χ1v) is 6.62. The highest BCUT2D eigenvalue weighted by Gasteiger charge is 2.19. The molecule has 0 aromatic heterocycles. The first kappa shape index (κ1) is 12.5. The van der Waals surface area contributed by atoms with Crippen molar-refractivity contribution >= 4 is 16.7 Å². The fourth-order valence-electron chi connectivity index (χ4n) is 2.42. The van der Waals surface area contributed by atoms with Gasteiger partial charge < -0.3 is 4.42 Å². The van der Waals surface area contributed by atoms with E-state index in [1.165, 1.54) is 12.1 Å². The van der Waals surface area contributed by atoms with Gasteiger partial charge in [0.05, 0.1) is 10.5 Å². The summed E-state index contributed by atoms with van der Waals surface area (Å²) in [5, 5.41) is 19.9. The van der Waals surface area contributed by atoms with Crippen LogP contribution in [0.25, 0.3) is 33.7 Å². The van der Waals surface area contributed by atoms with E-state index in [4.69, 9.17) is 4.42 Å². The van der Waals surface area contributed by atoms with Gasteiger partial charge in [0, 0.05) is 23.1 Å². The average Bonchev–Trinajstić information content (AvgIpc) is 2.95. The Morgan fingerprint density at radius 3 is 2.55 bits per heavy atom. The molecule has 0 spiro atoms. The van der Waals surface area contributed by atoms with Gasteiger partial charge >= 0.3 is 0 Å². The van der Waals surface area contributed by atoms with Crippen molar-refractivity contribution in [2.75, 3.05) is 0 Å². The normalized spacial score (nSPS) is 11.1. The average molecular weight is 291 g/mol. The van der Waals surface area contributed by atoms with Gasteiger partial charge in [-0.2, -0.15) is 0 Å². The molecule has 2 aromatic carbocycles. The van der Waals surface area contributed by atoms with Crippen molar-refractivity contribution < 1.29 is 9.34 Å². The highest BCUT2D eigenvalue weighted by atomic mass is 16.6. The van der Waals surface area contributed by atoms with E-state index in [0.717, 1.165) is 22.1 Å². The summed E-state index contributed by atoms with van der Waals surface area (Å²) < 4.78 is 5.73. The molecule has 0 atom stereocenters. The smallest absolute Gasteiger partial charge is 0.269 e. The summed E-state index contributed by atoms with van der Waals surface area (Å²) in [5.74, 6) is 0.451. The van der Waals surface area contributed by atoms with Gasteiger partial charge in [-0.1, -0.05) is 18.2 Å². The number of nitro benzene ring substituents is 1. The van der Waals surface area contributed by atoms with Crippen LogP contribution in [0.15, 0.2) is 59.0 Å². The molecule has 2 aliphatic rings. The van der Waals surface area contributed by atoms with Crippen molar-refractivity contribution in [3.8, 4) is 22.7 Å². The fraction of sp³-hybridized carbons (Fsp3) is 0. The van der Waals surface area contributed by atoms with Gasteiger partial charge in [0.15, 0.2) is 0 Å². The minimum atomic E-state index is -0.429. The molecule has 0 aliphatic carbocycles. The lowest BCUT2D eigenvalue weighted by Crippen LogP contribution is -1.88. The van der Waals surface area contributed by atoms with Crippen molar-refractivity contribution in [2.24, 2.45) is 0 Å². The second kappa shape index (κ2) is 4.63. The maximum absolute atomic E-state index is 10.7. The quantitative estimate of drug-likeness (QED) is 0.413. The molecule has 6 heteroatoms. The third-order valence-electron chi connectivity index (χ3n) is 3.50. The van der Waals surface area contributed by atoms with Crippen molar-refractivity contribution in [3.05, 3.63) is 64.7 Å². The Bertz CT molecular complexity index is 960. The SMILES string of the molecule is O=[N+]([O-])c1ccc(-c2nnc3oc4ccccc4cc2-3)cc1. The Hall–Kier alpha value is -3.28. The lowest BCUT2D eigenvalue weighted by Gasteiger charge is -2.03. The van der Waals surface area contributed by atoms with Crippen LogP contribution < -0.4 is 0 Å². The van der Waals surface area contributed by atoms with Gasteiger partial charge in [-0.05, 0) is 24.3 Å². The topological polar surface area (TPSA) is 82.1 Å². The molecule has 0 amide bonds. The van der Waals surface area contributed by atoms with Gasteiger partial charge in [0.2, 0.25) is 5.89 Å². The van der Waals surface area contributed by atoms with E-state index in [9.17, 15) is 10.1 Å². The number of aromatic nitrogens is 2. The van der Waals surface area contributed by atoms with E-state index in [1.807, 2.05) is 30.3 Å². The van der Waals surface area contributed by atoms with E-state index in [0.29, 0.717) is 11.6 Å². The Balaban J connectivity index is 1.88. The predicted molar refractivity (Wildman–Crippen MR) is 80.5 cm³/mol. The molecule has 22 heavy (non-hydrogen) atoms. The summed E-state index contributed by atoms with van der Waals surface area (Å²) in [5.41, 5.74) is 2.98. The molecular weight excluding hydrogens is 282 g/mol. The lowest BCUT2D eigenvalue weighted by molar-refractivity contribution is -0.384. The molecule has 2 aliphatic heterocycles. The standard InChI is InChI=1S/C16H9N3O3/c20-19(21)12-7-5-10(6-8-12)15-13-9-11-3-1-2-4-14(11)22-16(13)18-17-15/h1-9H. The zero-order chi connectivity index (χ0) is 15.1. The largest absolute Gasteiger partial charge is 0.436 e. The number of nitrogens with zero attached hydrogens (tertiary/aromatic N) is 3. The van der Waals surface area contributed by atoms with Crippen molar-refractivity contribution in [1.29, 1.82) is 0 Å². The van der Waals surface area contributed by atoms with Crippen molar-refractivity contribution in [1.82, 2.24) is 10.2 Å². The Morgan fingerprint density at radius 1 is 1.00 bits per heavy atom. The number of fused-ring (bicyclic) bond motifs is 2. The third kappa shape index (κ3) is 1.89. The zero-order valence-electron chi connectivity index (χ0n) is 11.3. The highest BCUT2D eigenvalue weighted by Crippen LogP contribution is 2.34. The zero-order valence-corrected chi connectivity index (χ0v) is 11.3. The molecule has 2 aromatic rings. The summed E-state index contributed by atoms with van der Waals surface area (Å²) in [6.07, 6.45) is 0. The molecule has 6 nitrogen and oxygen atoms in total. The Labute approximate surface area is 124 Å². The van der Waals surface area contributed by atoms with Gasteiger partial charge in [-0.3, -0.25) is 10.1 Å². The van der Waals surface area contributed by atoms with Gasteiger partial charge in [-0.15, -0.1) is 10.2 Å². The van der Waals surface area contributed by atoms with Crippen LogP contribution in [0.5, 0.6) is 0 Å². The first-order valence-electron chi connectivity index (χ1n) is 6.62. The predicted octanol–water partition coefficient (Wildman–Crippen LogP) is 3.90. The number of hydrogen-bond acceptors (Lipinski definition) is 5. The summed E-state index contributed by atoms with van der Waals surface area (Å²) >= 11 is 0. The highest BCUT2D eigenvalue weighted by molar-refractivity contribution is 5.87. The molecule has 0 bridgehead atoms. The summed E-state index contributed by atoms with van der Waals surface area (Å²) in [4.78, 5) is 10.3. The van der Waals surface area contributed by atoms with Crippen LogP contribution in [-0.2, 0) is 0 Å². The van der Waals surface area contributed by atoms with E-state index in [2.05, 4.69) is 10.2 Å². The monoisotopic (exact) mass is 291 g/mol. The number of non-ortho nitro benzene ring substituents is 1. The Morgan fingerprint density at radius 2 is 1.77 bits per heavy atom. The van der Waals surface area contributed by atoms with Crippen LogP contribution in [0.1, 0.15) is 0 Å². The Kier molecular flexibility index (Phi) is 2.62. The molecule has 0 N–H and O–H groups in total. The van der Waals surface area contributed by atoms with E-state index in [1.54, 1.807) is 12.1 Å². The molecule has 0 radical (unpaired) electrons. The van der Waals surface area contributed by atoms with Gasteiger partial charge in [-0.25, -0.2) is 0 Å². The lowest BCUT2D eigenvalue weighted by atomic mass is 10.1. The number of nitro groups is 1. The minimum Gasteiger partial charge on any atom is -0.436 e. The second-order valence-electron chi connectivity index (χ2n) is 4.86. The van der Waals surface area contributed by atoms with Crippen LogP contribution in [0.4, 0.5) is 5.69 Å². The summed E-state index contributed by atoms with van der Waals surface area (Å²) in [6.45, 7) is 0. The third-order valence-corrected chi connectivity index (χ3v) is 3.50. The molecule has 2 heterocycles. The number of hydrogen-bond donors (Lipinski definition) is 0. The van der Waals surface area contributed by atoms with Crippen molar-refractivity contribution in [2.45, 2.75) is 0 Å². The van der Waals surface area contributed by atoms with Crippen LogP contribution in [0.3, 0.4) is 0 Å².